The third-order valence-corrected chi connectivity index (χ3v) is 6.14. The summed E-state index contributed by atoms with van der Waals surface area (Å²) in [6, 6.07) is 4.38. The van der Waals surface area contributed by atoms with Crippen LogP contribution in [0.2, 0.25) is 15.9 Å². The van der Waals surface area contributed by atoms with Crippen molar-refractivity contribution in [2.75, 3.05) is 20.6 Å². The van der Waals surface area contributed by atoms with Crippen molar-refractivity contribution in [2.45, 2.75) is 50.9 Å². The van der Waals surface area contributed by atoms with Crippen LogP contribution < -0.4 is 5.32 Å². The number of amides is 2. The number of carboxylic acids is 1. The lowest BCUT2D eigenvalue weighted by atomic mass is 9.65. The van der Waals surface area contributed by atoms with Crippen LogP contribution in [0.3, 0.4) is 0 Å². The van der Waals surface area contributed by atoms with Crippen molar-refractivity contribution in [3.05, 3.63) is 33.8 Å². The molecule has 2 amide bonds. The fourth-order valence-corrected chi connectivity index (χ4v) is 4.22. The summed E-state index contributed by atoms with van der Waals surface area (Å²) in [5.41, 5.74) is -1.87. The maximum atomic E-state index is 12.8. The van der Waals surface area contributed by atoms with Crippen LogP contribution in [0.4, 0.5) is 0 Å². The molecule has 0 unspecified atom stereocenters. The first-order chi connectivity index (χ1) is 16.7. The zero-order valence-electron chi connectivity index (χ0n) is 20.5. The third kappa shape index (κ3) is 7.94. The topological polar surface area (TPSA) is 139 Å². The molecule has 0 aromatic heterocycles. The number of carbonyl (C=O) groups is 5. The Labute approximate surface area is 219 Å². The number of halogens is 2. The lowest BCUT2D eigenvalue weighted by Gasteiger charge is -2.25. The van der Waals surface area contributed by atoms with Crippen LogP contribution in [0.15, 0.2) is 18.2 Å². The quantitative estimate of drug-likeness (QED) is 0.384. The van der Waals surface area contributed by atoms with E-state index < -0.39 is 55.1 Å². The number of aliphatic carboxylic acids is 1. The average molecular weight is 543 g/mol. The Morgan fingerprint density at radius 1 is 1.17 bits per heavy atom. The van der Waals surface area contributed by atoms with Crippen LogP contribution >= 0.6 is 23.2 Å². The molecule has 0 spiro atoms. The van der Waals surface area contributed by atoms with Crippen molar-refractivity contribution in [1.29, 1.82) is 0 Å². The minimum atomic E-state index is -1.99. The number of nitrogens with zero attached hydrogens (tertiary/aromatic N) is 1. The molecule has 1 saturated heterocycles. The summed E-state index contributed by atoms with van der Waals surface area (Å²) in [7, 11) is 1.72. The lowest BCUT2D eigenvalue weighted by molar-refractivity contribution is -0.155. The molecule has 0 radical (unpaired) electrons. The van der Waals surface area contributed by atoms with E-state index in [-0.39, 0.29) is 35.3 Å². The van der Waals surface area contributed by atoms with Gasteiger partial charge in [0.1, 0.15) is 0 Å². The molecular formula is C23H29BCl2N2O8. The SMILES string of the molecule is CC(C)C[C@H](CC(=O)CNC(=O)c1cc(Cl)ccc1Cl)B1OC(=O)[C@@](CC(=O)O)(CC(=O)N(C)C)O1. The zero-order chi connectivity index (χ0) is 27.2. The summed E-state index contributed by atoms with van der Waals surface area (Å²) >= 11 is 11.9. The van der Waals surface area contributed by atoms with E-state index in [1.807, 2.05) is 13.8 Å². The van der Waals surface area contributed by atoms with Gasteiger partial charge in [0.25, 0.3) is 5.91 Å². The first-order valence-corrected chi connectivity index (χ1v) is 12.1. The molecular weight excluding hydrogens is 514 g/mol. The highest BCUT2D eigenvalue weighted by atomic mass is 35.5. The standard InChI is InChI=1S/C23H29BCl2N2O8/c1-13(2)7-14(8-16(29)12-27-21(33)17-9-15(25)5-6-18(17)26)24-35-22(34)23(36-24,11-20(31)32)10-19(30)28(3)4/h5-6,9,13-14H,7-8,10-12H2,1-4H3,(H,27,33)(H,31,32)/t14-,23+/m1/s1. The summed E-state index contributed by atoms with van der Waals surface area (Å²) in [4.78, 5) is 62.9. The molecule has 13 heteroatoms. The van der Waals surface area contributed by atoms with Gasteiger partial charge in [-0.3, -0.25) is 24.0 Å². The van der Waals surface area contributed by atoms with E-state index in [0.717, 1.165) is 0 Å². The molecule has 10 nitrogen and oxygen atoms in total. The minimum Gasteiger partial charge on any atom is -0.507 e. The van der Waals surface area contributed by atoms with E-state index in [4.69, 9.17) is 32.5 Å². The summed E-state index contributed by atoms with van der Waals surface area (Å²) in [6.45, 7) is 3.48. The number of hydrogen-bond donors (Lipinski definition) is 2. The number of ketones is 1. The van der Waals surface area contributed by atoms with E-state index in [1.165, 1.54) is 37.2 Å². The molecule has 2 atom stereocenters. The highest BCUT2D eigenvalue weighted by Crippen LogP contribution is 2.38. The van der Waals surface area contributed by atoms with Crippen LogP contribution in [-0.2, 0) is 28.5 Å². The van der Waals surface area contributed by atoms with Crippen molar-refractivity contribution in [3.63, 3.8) is 0 Å². The molecule has 2 N–H and O–H groups in total. The predicted molar refractivity (Wildman–Crippen MR) is 133 cm³/mol. The van der Waals surface area contributed by atoms with Crippen LogP contribution in [0.5, 0.6) is 0 Å². The third-order valence-electron chi connectivity index (χ3n) is 5.58. The van der Waals surface area contributed by atoms with Crippen LogP contribution in [0, 0.1) is 5.92 Å². The van der Waals surface area contributed by atoms with Gasteiger partial charge in [-0.05, 0) is 30.5 Å². The van der Waals surface area contributed by atoms with Gasteiger partial charge >= 0.3 is 19.1 Å². The first kappa shape index (κ1) is 29.6. The smallest absolute Gasteiger partial charge is 0.507 e. The number of carbonyl (C=O) groups excluding carboxylic acids is 4. The Hall–Kier alpha value is -2.63. The van der Waals surface area contributed by atoms with Gasteiger partial charge in [-0.25, -0.2) is 0 Å². The zero-order valence-corrected chi connectivity index (χ0v) is 22.0. The number of carboxylic acid groups (broad SMARTS) is 1. The second kappa shape index (κ2) is 12.6. The predicted octanol–water partition coefficient (Wildman–Crippen LogP) is 2.85. The molecule has 1 heterocycles. The molecule has 0 aliphatic carbocycles. The molecule has 196 valence electrons. The van der Waals surface area contributed by atoms with Crippen molar-refractivity contribution < 1.29 is 38.4 Å². The monoisotopic (exact) mass is 542 g/mol. The molecule has 0 bridgehead atoms. The van der Waals surface area contributed by atoms with Crippen molar-refractivity contribution in [1.82, 2.24) is 10.2 Å². The first-order valence-electron chi connectivity index (χ1n) is 11.3. The number of rotatable bonds is 12. The van der Waals surface area contributed by atoms with Gasteiger partial charge in [0, 0.05) is 31.4 Å². The average Bonchev–Trinajstić information content (AvgIpc) is 3.07. The highest BCUT2D eigenvalue weighted by molar-refractivity contribution is 6.51. The van der Waals surface area contributed by atoms with Gasteiger partial charge in [-0.1, -0.05) is 37.0 Å². The van der Waals surface area contributed by atoms with Gasteiger partial charge in [0.15, 0.2) is 11.4 Å². The molecule has 1 aromatic carbocycles. The molecule has 1 aliphatic heterocycles. The highest BCUT2D eigenvalue weighted by Gasteiger charge is 2.57. The summed E-state index contributed by atoms with van der Waals surface area (Å²) in [5.74, 6) is -4.31. The van der Waals surface area contributed by atoms with Gasteiger partial charge in [-0.2, -0.15) is 0 Å². The summed E-state index contributed by atoms with van der Waals surface area (Å²) in [6.07, 6.45) is -0.992. The number of Topliss-reactive ketones (excluding diaryl/α,β-unsaturated/α-hetero) is 1. The van der Waals surface area contributed by atoms with Crippen molar-refractivity contribution >= 4 is 59.9 Å². The largest absolute Gasteiger partial charge is 0.531 e. The molecule has 0 saturated carbocycles. The van der Waals surface area contributed by atoms with E-state index in [2.05, 4.69) is 5.32 Å². The maximum Gasteiger partial charge on any atom is 0.531 e. The van der Waals surface area contributed by atoms with Crippen LogP contribution in [0.25, 0.3) is 0 Å². The second-order valence-corrected chi connectivity index (χ2v) is 10.2. The molecule has 36 heavy (non-hydrogen) atoms. The molecule has 2 rings (SSSR count). The minimum absolute atomic E-state index is 0.0721. The van der Waals surface area contributed by atoms with E-state index in [9.17, 15) is 29.1 Å². The fourth-order valence-electron chi connectivity index (χ4n) is 3.84. The van der Waals surface area contributed by atoms with Gasteiger partial charge in [-0.15, -0.1) is 0 Å². The Balaban J connectivity index is 2.14. The fraction of sp³-hybridized carbons (Fsp3) is 0.522. The number of nitrogens with one attached hydrogen (secondary N) is 1. The van der Waals surface area contributed by atoms with Crippen LogP contribution in [-0.4, -0.2) is 72.9 Å². The van der Waals surface area contributed by atoms with E-state index >= 15 is 0 Å². The summed E-state index contributed by atoms with van der Waals surface area (Å²) in [5, 5.41) is 12.3. The van der Waals surface area contributed by atoms with E-state index in [0.29, 0.717) is 11.4 Å². The molecule has 1 aromatic rings. The molecule has 1 fully saturated rings. The normalized spacial score (nSPS) is 18.1. The number of hydrogen-bond acceptors (Lipinski definition) is 7. The molecule has 1 aliphatic rings. The number of benzene rings is 1. The Morgan fingerprint density at radius 2 is 1.83 bits per heavy atom. The Kier molecular flexibility index (Phi) is 10.3. The van der Waals surface area contributed by atoms with Crippen LogP contribution in [0.1, 0.15) is 49.9 Å². The Bertz CT molecular complexity index is 1040. The Morgan fingerprint density at radius 3 is 2.42 bits per heavy atom. The van der Waals surface area contributed by atoms with Gasteiger partial charge in [0.05, 0.1) is 30.0 Å². The van der Waals surface area contributed by atoms with Crippen molar-refractivity contribution in [3.8, 4) is 0 Å². The van der Waals surface area contributed by atoms with E-state index in [1.54, 1.807) is 0 Å². The second-order valence-electron chi connectivity index (χ2n) is 9.36. The lowest BCUT2D eigenvalue weighted by Crippen LogP contribution is -2.44. The summed E-state index contributed by atoms with van der Waals surface area (Å²) < 4.78 is 11.2. The van der Waals surface area contributed by atoms with Gasteiger partial charge in [0.2, 0.25) is 5.91 Å². The maximum absolute atomic E-state index is 12.8. The van der Waals surface area contributed by atoms with Gasteiger partial charge < -0.3 is 24.6 Å². The van der Waals surface area contributed by atoms with Crippen molar-refractivity contribution in [2.24, 2.45) is 5.92 Å².